The Morgan fingerprint density at radius 2 is 2.04 bits per heavy atom. The van der Waals surface area contributed by atoms with E-state index in [-0.39, 0.29) is 24.4 Å². The zero-order valence-corrected chi connectivity index (χ0v) is 16.1. The van der Waals surface area contributed by atoms with Gasteiger partial charge < -0.3 is 19.3 Å². The van der Waals surface area contributed by atoms with Crippen molar-refractivity contribution in [2.45, 2.75) is 64.3 Å². The quantitative estimate of drug-likeness (QED) is 0.358. The van der Waals surface area contributed by atoms with Crippen LogP contribution >= 0.6 is 0 Å². The molecule has 1 heterocycles. The molecule has 8 heteroatoms. The zero-order chi connectivity index (χ0) is 20.6. The van der Waals surface area contributed by atoms with Gasteiger partial charge in [0, 0.05) is 23.8 Å². The largest absolute Gasteiger partial charge is 0.481 e. The number of ether oxygens (including phenoxy) is 3. The Hall–Kier alpha value is -2.38. The Labute approximate surface area is 163 Å². The summed E-state index contributed by atoms with van der Waals surface area (Å²) in [5.74, 6) is -4.46. The molecule has 1 N–H and O–H groups in total. The lowest BCUT2D eigenvalue weighted by Crippen LogP contribution is -2.43. The third-order valence-electron chi connectivity index (χ3n) is 6.08. The van der Waals surface area contributed by atoms with Crippen molar-refractivity contribution in [1.82, 2.24) is 0 Å². The van der Waals surface area contributed by atoms with E-state index in [2.05, 4.69) is 6.58 Å². The van der Waals surface area contributed by atoms with Gasteiger partial charge in [0.2, 0.25) is 0 Å². The summed E-state index contributed by atoms with van der Waals surface area (Å²) in [4.78, 5) is 47.4. The molecule has 3 fully saturated rings. The normalized spacial score (nSPS) is 33.3. The smallest absolute Gasteiger partial charge is 0.333 e. The Morgan fingerprint density at radius 1 is 1.32 bits per heavy atom. The van der Waals surface area contributed by atoms with Crippen molar-refractivity contribution < 1.29 is 38.5 Å². The van der Waals surface area contributed by atoms with E-state index in [0.717, 1.165) is 0 Å². The minimum absolute atomic E-state index is 0.122. The third-order valence-corrected chi connectivity index (χ3v) is 6.08. The predicted molar refractivity (Wildman–Crippen MR) is 94.8 cm³/mol. The molecule has 0 amide bonds. The van der Waals surface area contributed by atoms with Gasteiger partial charge in [-0.25, -0.2) is 4.79 Å². The number of esters is 3. The highest BCUT2D eigenvalue weighted by Gasteiger charge is 2.69. The summed E-state index contributed by atoms with van der Waals surface area (Å²) in [7, 11) is 0. The van der Waals surface area contributed by atoms with Gasteiger partial charge in [-0.1, -0.05) is 13.5 Å². The summed E-state index contributed by atoms with van der Waals surface area (Å²) in [6.07, 6.45) is 0.747. The molecule has 2 bridgehead atoms. The van der Waals surface area contributed by atoms with Crippen LogP contribution in [0.15, 0.2) is 12.2 Å². The standard InChI is InChI=1S/C20H26O8/c1-4-10(26-19(24)9(2)3)6-5-7-13(21)27-16-11-8-12-15(14(11)18(22)23)20(25)28-17(12)16/h10-12,14-17H,2,4-8H2,1,3H3,(H,22,23). The Balaban J connectivity index is 1.50. The second kappa shape index (κ2) is 7.93. The second-order valence-corrected chi connectivity index (χ2v) is 7.92. The number of carboxylic acids is 1. The highest BCUT2D eigenvalue weighted by atomic mass is 16.6. The molecule has 3 aliphatic rings. The summed E-state index contributed by atoms with van der Waals surface area (Å²) < 4.78 is 16.1. The Morgan fingerprint density at radius 3 is 2.64 bits per heavy atom. The maximum Gasteiger partial charge on any atom is 0.333 e. The van der Waals surface area contributed by atoms with Crippen molar-refractivity contribution >= 4 is 23.9 Å². The number of carbonyl (C=O) groups is 4. The molecule has 3 rings (SSSR count). The van der Waals surface area contributed by atoms with Crippen molar-refractivity contribution in [3.63, 3.8) is 0 Å². The van der Waals surface area contributed by atoms with Crippen LogP contribution in [0.5, 0.6) is 0 Å². The van der Waals surface area contributed by atoms with E-state index in [1.165, 1.54) is 0 Å². The minimum Gasteiger partial charge on any atom is -0.481 e. The highest BCUT2D eigenvalue weighted by Crippen LogP contribution is 2.58. The monoisotopic (exact) mass is 394 g/mol. The molecular weight excluding hydrogens is 368 g/mol. The first-order valence-electron chi connectivity index (χ1n) is 9.73. The van der Waals surface area contributed by atoms with E-state index in [1.807, 2.05) is 6.92 Å². The van der Waals surface area contributed by atoms with E-state index < -0.39 is 47.9 Å². The number of carbonyl (C=O) groups excluding carboxylic acids is 3. The highest BCUT2D eigenvalue weighted by molar-refractivity contribution is 5.87. The first-order chi connectivity index (χ1) is 13.2. The second-order valence-electron chi connectivity index (χ2n) is 7.92. The maximum atomic E-state index is 12.3. The first kappa shape index (κ1) is 20.4. The topological polar surface area (TPSA) is 116 Å². The van der Waals surface area contributed by atoms with Crippen LogP contribution in [0.4, 0.5) is 0 Å². The van der Waals surface area contributed by atoms with Crippen molar-refractivity contribution in [3.8, 4) is 0 Å². The molecule has 7 unspecified atom stereocenters. The maximum absolute atomic E-state index is 12.3. The average Bonchev–Trinajstić information content (AvgIpc) is 3.24. The van der Waals surface area contributed by atoms with Crippen LogP contribution in [0, 0.1) is 23.7 Å². The zero-order valence-electron chi connectivity index (χ0n) is 16.1. The number of fused-ring (bicyclic) bond motifs is 1. The molecule has 28 heavy (non-hydrogen) atoms. The lowest BCUT2D eigenvalue weighted by Gasteiger charge is -2.29. The average molecular weight is 394 g/mol. The van der Waals surface area contributed by atoms with Crippen molar-refractivity contribution in [2.24, 2.45) is 23.7 Å². The fourth-order valence-corrected chi connectivity index (χ4v) is 4.77. The number of hydrogen-bond acceptors (Lipinski definition) is 7. The van der Waals surface area contributed by atoms with Crippen LogP contribution < -0.4 is 0 Å². The minimum atomic E-state index is -1.04. The lowest BCUT2D eigenvalue weighted by molar-refractivity contribution is -0.164. The van der Waals surface area contributed by atoms with E-state index in [0.29, 0.717) is 31.3 Å². The fourth-order valence-electron chi connectivity index (χ4n) is 4.77. The molecule has 154 valence electrons. The fraction of sp³-hybridized carbons (Fsp3) is 0.700. The van der Waals surface area contributed by atoms with E-state index in [1.54, 1.807) is 6.92 Å². The summed E-state index contributed by atoms with van der Waals surface area (Å²) in [6.45, 7) is 7.01. The van der Waals surface area contributed by atoms with Gasteiger partial charge in [-0.3, -0.25) is 14.4 Å². The number of rotatable bonds is 9. The van der Waals surface area contributed by atoms with Crippen molar-refractivity contribution in [2.75, 3.05) is 0 Å². The van der Waals surface area contributed by atoms with Crippen LogP contribution in [0.25, 0.3) is 0 Å². The Bertz CT molecular complexity index is 698. The van der Waals surface area contributed by atoms with Crippen LogP contribution in [0.2, 0.25) is 0 Å². The molecule has 0 aromatic rings. The lowest BCUT2D eigenvalue weighted by atomic mass is 9.78. The van der Waals surface area contributed by atoms with Gasteiger partial charge >= 0.3 is 23.9 Å². The molecule has 7 atom stereocenters. The van der Waals surface area contributed by atoms with Crippen LogP contribution in [-0.4, -0.2) is 47.3 Å². The van der Waals surface area contributed by atoms with Crippen LogP contribution in [-0.2, 0) is 33.4 Å². The van der Waals surface area contributed by atoms with Gasteiger partial charge in [-0.05, 0) is 32.6 Å². The van der Waals surface area contributed by atoms with E-state index in [4.69, 9.17) is 14.2 Å². The molecule has 2 saturated carbocycles. The van der Waals surface area contributed by atoms with Gasteiger partial charge in [0.1, 0.15) is 18.3 Å². The molecular formula is C20H26O8. The van der Waals surface area contributed by atoms with Gasteiger partial charge in [0.25, 0.3) is 0 Å². The predicted octanol–water partition coefficient (Wildman–Crippen LogP) is 1.86. The molecule has 1 aliphatic heterocycles. The van der Waals surface area contributed by atoms with Gasteiger partial charge in [0.05, 0.1) is 11.8 Å². The summed E-state index contributed by atoms with van der Waals surface area (Å²) in [5, 5.41) is 9.47. The summed E-state index contributed by atoms with van der Waals surface area (Å²) in [6, 6.07) is 0. The van der Waals surface area contributed by atoms with Crippen molar-refractivity contribution in [3.05, 3.63) is 12.2 Å². The third kappa shape index (κ3) is 3.64. The molecule has 0 aromatic carbocycles. The molecule has 1 saturated heterocycles. The van der Waals surface area contributed by atoms with E-state index >= 15 is 0 Å². The number of aliphatic carboxylic acids is 1. The number of hydrogen-bond donors (Lipinski definition) is 1. The molecule has 0 radical (unpaired) electrons. The number of carboxylic acid groups (broad SMARTS) is 1. The van der Waals surface area contributed by atoms with Gasteiger partial charge in [-0.15, -0.1) is 0 Å². The Kier molecular flexibility index (Phi) is 5.76. The molecule has 2 aliphatic carbocycles. The van der Waals surface area contributed by atoms with Crippen molar-refractivity contribution in [1.29, 1.82) is 0 Å². The first-order valence-corrected chi connectivity index (χ1v) is 9.73. The van der Waals surface area contributed by atoms with Crippen LogP contribution in [0.3, 0.4) is 0 Å². The summed E-state index contributed by atoms with van der Waals surface area (Å²) >= 11 is 0. The molecule has 0 spiro atoms. The van der Waals surface area contributed by atoms with Crippen LogP contribution in [0.1, 0.15) is 46.0 Å². The van der Waals surface area contributed by atoms with E-state index in [9.17, 15) is 24.3 Å². The van der Waals surface area contributed by atoms with Gasteiger partial charge in [-0.2, -0.15) is 0 Å². The molecule has 0 aromatic heterocycles. The molecule has 8 nitrogen and oxygen atoms in total. The SMILES string of the molecule is C=C(C)C(=O)OC(CC)CCCC(=O)OC1C2CC3C1OC(=O)C3C2C(=O)O. The van der Waals surface area contributed by atoms with Gasteiger partial charge in [0.15, 0.2) is 0 Å². The summed E-state index contributed by atoms with van der Waals surface area (Å²) in [5.41, 5.74) is 0.326.